The summed E-state index contributed by atoms with van der Waals surface area (Å²) < 4.78 is 0. The van der Waals surface area contributed by atoms with E-state index in [-0.39, 0.29) is 22.9 Å². The highest BCUT2D eigenvalue weighted by Crippen LogP contribution is 2.00. The molecule has 0 bridgehead atoms. The predicted molar refractivity (Wildman–Crippen MR) is 58.5 cm³/mol. The third-order valence-corrected chi connectivity index (χ3v) is 2.51. The minimum Gasteiger partial charge on any atom is -0.393 e. The number of carbonyl (C=O) groups excluding carboxylic acids is 1. The van der Waals surface area contributed by atoms with E-state index >= 15 is 0 Å². The van der Waals surface area contributed by atoms with E-state index in [1.54, 1.807) is 6.92 Å². The first-order valence-corrected chi connectivity index (χ1v) is 5.03. The van der Waals surface area contributed by atoms with Crippen LogP contribution in [0.5, 0.6) is 0 Å². The highest BCUT2D eigenvalue weighted by molar-refractivity contribution is 7.80. The van der Waals surface area contributed by atoms with Gasteiger partial charge in [-0.3, -0.25) is 4.79 Å². The van der Waals surface area contributed by atoms with Crippen molar-refractivity contribution in [3.05, 3.63) is 0 Å². The molecule has 0 aliphatic rings. The molecule has 0 heterocycles. The van der Waals surface area contributed by atoms with Gasteiger partial charge >= 0.3 is 0 Å². The third-order valence-electron chi connectivity index (χ3n) is 2.15. The highest BCUT2D eigenvalue weighted by Gasteiger charge is 2.17. The number of hydrogen-bond donors (Lipinski definition) is 2. The van der Waals surface area contributed by atoms with Crippen LogP contribution in [0.1, 0.15) is 33.6 Å². The molecule has 0 saturated heterocycles. The van der Waals surface area contributed by atoms with E-state index in [0.717, 1.165) is 12.8 Å². The Morgan fingerprint density at radius 1 is 1.46 bits per heavy atom. The Labute approximate surface area is 85.1 Å². The van der Waals surface area contributed by atoms with Crippen molar-refractivity contribution in [2.75, 3.05) is 0 Å². The van der Waals surface area contributed by atoms with Crippen molar-refractivity contribution in [3.63, 3.8) is 0 Å². The second-order valence-corrected chi connectivity index (χ2v) is 3.62. The van der Waals surface area contributed by atoms with Crippen LogP contribution in [0.2, 0.25) is 0 Å². The van der Waals surface area contributed by atoms with Gasteiger partial charge in [0, 0.05) is 6.04 Å². The standard InChI is InChI=1S/C9H18N2OS/c1-4-7(5-2)11-9(12)6(3)8(10)13/h6-7H,4-5H2,1-3H3,(H2,10,13)(H,11,12). The van der Waals surface area contributed by atoms with E-state index < -0.39 is 0 Å². The molecule has 1 unspecified atom stereocenters. The van der Waals surface area contributed by atoms with E-state index in [1.807, 2.05) is 13.8 Å². The first-order valence-electron chi connectivity index (χ1n) is 4.62. The molecule has 1 atom stereocenters. The summed E-state index contributed by atoms with van der Waals surface area (Å²) in [6.45, 7) is 5.81. The summed E-state index contributed by atoms with van der Waals surface area (Å²) >= 11 is 4.74. The van der Waals surface area contributed by atoms with Crippen LogP contribution < -0.4 is 11.1 Å². The molecule has 0 saturated carbocycles. The SMILES string of the molecule is CCC(CC)NC(=O)C(C)C(N)=S. The fourth-order valence-corrected chi connectivity index (χ4v) is 1.06. The van der Waals surface area contributed by atoms with Gasteiger partial charge in [0.2, 0.25) is 5.91 Å². The van der Waals surface area contributed by atoms with Gasteiger partial charge in [0.05, 0.1) is 10.9 Å². The summed E-state index contributed by atoms with van der Waals surface area (Å²) in [4.78, 5) is 11.7. The Balaban J connectivity index is 4.05. The van der Waals surface area contributed by atoms with Crippen molar-refractivity contribution in [2.45, 2.75) is 39.7 Å². The van der Waals surface area contributed by atoms with Crippen molar-refractivity contribution in [1.82, 2.24) is 5.32 Å². The van der Waals surface area contributed by atoms with Crippen LogP contribution in [-0.4, -0.2) is 16.9 Å². The number of amides is 1. The van der Waals surface area contributed by atoms with Gasteiger partial charge in [-0.15, -0.1) is 0 Å². The number of nitrogens with one attached hydrogen (secondary N) is 1. The molecule has 76 valence electrons. The van der Waals surface area contributed by atoms with E-state index in [4.69, 9.17) is 18.0 Å². The first-order chi connectivity index (χ1) is 6.02. The van der Waals surface area contributed by atoms with E-state index in [2.05, 4.69) is 5.32 Å². The monoisotopic (exact) mass is 202 g/mol. The highest BCUT2D eigenvalue weighted by atomic mass is 32.1. The number of nitrogens with two attached hydrogens (primary N) is 1. The van der Waals surface area contributed by atoms with Crippen LogP contribution in [0.3, 0.4) is 0 Å². The van der Waals surface area contributed by atoms with Gasteiger partial charge in [-0.1, -0.05) is 26.1 Å². The van der Waals surface area contributed by atoms with Gasteiger partial charge < -0.3 is 11.1 Å². The second-order valence-electron chi connectivity index (χ2n) is 3.15. The lowest BCUT2D eigenvalue weighted by Crippen LogP contribution is -2.41. The fourth-order valence-electron chi connectivity index (χ4n) is 0.948. The van der Waals surface area contributed by atoms with Crippen molar-refractivity contribution in [1.29, 1.82) is 0 Å². The maximum atomic E-state index is 11.4. The topological polar surface area (TPSA) is 55.1 Å². The van der Waals surface area contributed by atoms with Crippen molar-refractivity contribution in [2.24, 2.45) is 11.7 Å². The molecule has 0 aromatic rings. The predicted octanol–water partition coefficient (Wildman–Crippen LogP) is 1.21. The van der Waals surface area contributed by atoms with Gasteiger partial charge in [0.1, 0.15) is 0 Å². The quantitative estimate of drug-likeness (QED) is 0.659. The first kappa shape index (κ1) is 12.4. The molecule has 3 N–H and O–H groups in total. The average molecular weight is 202 g/mol. The zero-order valence-electron chi connectivity index (χ0n) is 8.46. The Morgan fingerprint density at radius 2 is 1.92 bits per heavy atom. The molecule has 0 aliphatic carbocycles. The molecular formula is C9H18N2OS. The minimum absolute atomic E-state index is 0.0683. The molecular weight excluding hydrogens is 184 g/mol. The Bertz CT molecular complexity index is 190. The fraction of sp³-hybridized carbons (Fsp3) is 0.778. The summed E-state index contributed by atoms with van der Waals surface area (Å²) in [6.07, 6.45) is 1.87. The van der Waals surface area contributed by atoms with Crippen LogP contribution >= 0.6 is 12.2 Å². The lowest BCUT2D eigenvalue weighted by atomic mass is 10.1. The molecule has 0 aromatic carbocycles. The largest absolute Gasteiger partial charge is 0.393 e. The van der Waals surface area contributed by atoms with Gasteiger partial charge in [0.25, 0.3) is 0 Å². The molecule has 4 heteroatoms. The van der Waals surface area contributed by atoms with Crippen LogP contribution in [0.15, 0.2) is 0 Å². The number of hydrogen-bond acceptors (Lipinski definition) is 2. The maximum Gasteiger partial charge on any atom is 0.229 e. The second kappa shape index (κ2) is 5.91. The Hall–Kier alpha value is -0.640. The van der Waals surface area contributed by atoms with Crippen LogP contribution in [0.4, 0.5) is 0 Å². The zero-order chi connectivity index (χ0) is 10.4. The summed E-state index contributed by atoms with van der Waals surface area (Å²) in [6, 6.07) is 0.240. The van der Waals surface area contributed by atoms with Gasteiger partial charge in [-0.2, -0.15) is 0 Å². The van der Waals surface area contributed by atoms with E-state index in [1.165, 1.54) is 0 Å². The lowest BCUT2D eigenvalue weighted by Gasteiger charge is -2.17. The number of rotatable bonds is 5. The number of carbonyl (C=O) groups is 1. The molecule has 0 aromatic heterocycles. The van der Waals surface area contributed by atoms with E-state index in [9.17, 15) is 4.79 Å². The molecule has 0 aliphatic heterocycles. The zero-order valence-corrected chi connectivity index (χ0v) is 9.28. The summed E-state index contributed by atoms with van der Waals surface area (Å²) in [5.74, 6) is -0.434. The molecule has 3 nitrogen and oxygen atoms in total. The van der Waals surface area contributed by atoms with Crippen LogP contribution in [-0.2, 0) is 4.79 Å². The number of thiocarbonyl (C=S) groups is 1. The molecule has 1 amide bonds. The Morgan fingerprint density at radius 3 is 2.23 bits per heavy atom. The van der Waals surface area contributed by atoms with Crippen molar-refractivity contribution >= 4 is 23.1 Å². The van der Waals surface area contributed by atoms with Gasteiger partial charge in [0.15, 0.2) is 0 Å². The van der Waals surface area contributed by atoms with Crippen molar-refractivity contribution in [3.8, 4) is 0 Å². The molecule has 0 radical (unpaired) electrons. The van der Waals surface area contributed by atoms with Gasteiger partial charge in [-0.05, 0) is 19.8 Å². The third kappa shape index (κ3) is 4.22. The molecule has 0 spiro atoms. The minimum atomic E-state index is -0.365. The van der Waals surface area contributed by atoms with Crippen LogP contribution in [0, 0.1) is 5.92 Å². The van der Waals surface area contributed by atoms with E-state index in [0.29, 0.717) is 0 Å². The maximum absolute atomic E-state index is 11.4. The average Bonchev–Trinajstić information content (AvgIpc) is 2.12. The van der Waals surface area contributed by atoms with Crippen LogP contribution in [0.25, 0.3) is 0 Å². The molecule has 0 rings (SSSR count). The normalized spacial score (nSPS) is 12.6. The summed E-state index contributed by atoms with van der Waals surface area (Å²) in [5.41, 5.74) is 5.37. The smallest absolute Gasteiger partial charge is 0.229 e. The van der Waals surface area contributed by atoms with Crippen molar-refractivity contribution < 1.29 is 4.79 Å². The summed E-state index contributed by atoms with van der Waals surface area (Å²) in [5, 5.41) is 2.89. The van der Waals surface area contributed by atoms with Gasteiger partial charge in [-0.25, -0.2) is 0 Å². The Kier molecular flexibility index (Phi) is 5.62. The summed E-state index contributed by atoms with van der Waals surface area (Å²) in [7, 11) is 0. The lowest BCUT2D eigenvalue weighted by molar-refractivity contribution is -0.123. The molecule has 0 fully saturated rings. The molecule has 13 heavy (non-hydrogen) atoms.